The second kappa shape index (κ2) is 10.0. The van der Waals surface area contributed by atoms with Crippen LogP contribution in [0, 0.1) is 0 Å². The number of methoxy groups -OCH3 is 2. The van der Waals surface area contributed by atoms with Gasteiger partial charge in [0.25, 0.3) is 0 Å². The van der Waals surface area contributed by atoms with E-state index in [0.29, 0.717) is 18.0 Å². The topological polar surface area (TPSA) is 72.9 Å². The van der Waals surface area contributed by atoms with E-state index in [9.17, 15) is 4.79 Å². The van der Waals surface area contributed by atoms with E-state index in [0.717, 1.165) is 35.9 Å². The summed E-state index contributed by atoms with van der Waals surface area (Å²) in [6.07, 6.45) is 0.749. The molecule has 158 valence electrons. The SMILES string of the molecule is COc1ccc(-c2nc(CC(=O)NCCN3CC(C)OC(C)C3)cs2)cc1OC. The monoisotopic (exact) mass is 419 g/mol. The smallest absolute Gasteiger partial charge is 0.226 e. The molecule has 1 aromatic carbocycles. The van der Waals surface area contributed by atoms with Gasteiger partial charge in [0.1, 0.15) is 5.01 Å². The number of hydrogen-bond acceptors (Lipinski definition) is 7. The maximum Gasteiger partial charge on any atom is 0.226 e. The van der Waals surface area contributed by atoms with Gasteiger partial charge in [0.15, 0.2) is 11.5 Å². The number of thiazole rings is 1. The number of nitrogens with one attached hydrogen (secondary N) is 1. The maximum absolute atomic E-state index is 12.3. The Kier molecular flexibility index (Phi) is 7.46. The summed E-state index contributed by atoms with van der Waals surface area (Å²) in [6, 6.07) is 5.69. The molecule has 7 nitrogen and oxygen atoms in total. The van der Waals surface area contributed by atoms with Gasteiger partial charge in [-0.25, -0.2) is 4.98 Å². The van der Waals surface area contributed by atoms with E-state index < -0.39 is 0 Å². The second-order valence-corrected chi connectivity index (χ2v) is 8.12. The molecule has 1 fully saturated rings. The number of rotatable bonds is 8. The molecule has 2 atom stereocenters. The van der Waals surface area contributed by atoms with Gasteiger partial charge in [0, 0.05) is 37.1 Å². The van der Waals surface area contributed by atoms with Crippen molar-refractivity contribution in [1.29, 1.82) is 0 Å². The first-order valence-corrected chi connectivity index (χ1v) is 10.7. The number of hydrogen-bond donors (Lipinski definition) is 1. The van der Waals surface area contributed by atoms with Crippen LogP contribution in [0.2, 0.25) is 0 Å². The number of benzene rings is 1. The molecule has 0 bridgehead atoms. The summed E-state index contributed by atoms with van der Waals surface area (Å²) in [6.45, 7) is 7.43. The highest BCUT2D eigenvalue weighted by Gasteiger charge is 2.21. The Morgan fingerprint density at radius 1 is 1.24 bits per heavy atom. The zero-order chi connectivity index (χ0) is 20.8. The summed E-state index contributed by atoms with van der Waals surface area (Å²) >= 11 is 1.51. The van der Waals surface area contributed by atoms with Crippen LogP contribution >= 0.6 is 11.3 Å². The van der Waals surface area contributed by atoms with Crippen LogP contribution in [0.15, 0.2) is 23.6 Å². The molecule has 8 heteroatoms. The van der Waals surface area contributed by atoms with Crippen molar-refractivity contribution in [2.45, 2.75) is 32.5 Å². The number of carbonyl (C=O) groups is 1. The van der Waals surface area contributed by atoms with Crippen LogP contribution in [-0.2, 0) is 16.0 Å². The highest BCUT2D eigenvalue weighted by molar-refractivity contribution is 7.13. The fourth-order valence-corrected chi connectivity index (χ4v) is 4.35. The number of ether oxygens (including phenoxy) is 3. The molecule has 3 rings (SSSR count). The fraction of sp³-hybridized carbons (Fsp3) is 0.524. The minimum Gasteiger partial charge on any atom is -0.493 e. The Labute approximate surface area is 176 Å². The quantitative estimate of drug-likeness (QED) is 0.709. The summed E-state index contributed by atoms with van der Waals surface area (Å²) in [5, 5.41) is 5.78. The average molecular weight is 420 g/mol. The maximum atomic E-state index is 12.3. The van der Waals surface area contributed by atoms with Crippen molar-refractivity contribution in [3.8, 4) is 22.1 Å². The lowest BCUT2D eigenvalue weighted by molar-refractivity contribution is -0.120. The van der Waals surface area contributed by atoms with Gasteiger partial charge in [-0.05, 0) is 32.0 Å². The highest BCUT2D eigenvalue weighted by atomic mass is 32.1. The second-order valence-electron chi connectivity index (χ2n) is 7.26. The van der Waals surface area contributed by atoms with Crippen LogP contribution in [0.3, 0.4) is 0 Å². The lowest BCUT2D eigenvalue weighted by Gasteiger charge is -2.35. The number of amides is 1. The number of nitrogens with zero attached hydrogens (tertiary/aromatic N) is 2. The molecule has 1 N–H and O–H groups in total. The fourth-order valence-electron chi connectivity index (χ4n) is 3.54. The van der Waals surface area contributed by atoms with Crippen LogP contribution in [-0.4, -0.2) is 68.4 Å². The van der Waals surface area contributed by atoms with Gasteiger partial charge in [0.2, 0.25) is 5.91 Å². The molecule has 0 radical (unpaired) electrons. The third-order valence-corrected chi connectivity index (χ3v) is 5.71. The Morgan fingerprint density at radius 2 is 1.97 bits per heavy atom. The van der Waals surface area contributed by atoms with Crippen molar-refractivity contribution in [3.05, 3.63) is 29.3 Å². The van der Waals surface area contributed by atoms with Crippen molar-refractivity contribution in [2.75, 3.05) is 40.4 Å². The Bertz CT molecular complexity index is 816. The highest BCUT2D eigenvalue weighted by Crippen LogP contribution is 2.33. The first-order valence-electron chi connectivity index (χ1n) is 9.79. The van der Waals surface area contributed by atoms with Gasteiger partial charge >= 0.3 is 0 Å². The van der Waals surface area contributed by atoms with Gasteiger partial charge in [-0.2, -0.15) is 0 Å². The molecule has 2 heterocycles. The first-order chi connectivity index (χ1) is 14.0. The Morgan fingerprint density at radius 3 is 2.66 bits per heavy atom. The molecule has 1 amide bonds. The van der Waals surface area contributed by atoms with Crippen LogP contribution in [0.1, 0.15) is 19.5 Å². The summed E-state index contributed by atoms with van der Waals surface area (Å²) in [5.41, 5.74) is 1.71. The van der Waals surface area contributed by atoms with E-state index in [1.807, 2.05) is 23.6 Å². The van der Waals surface area contributed by atoms with Gasteiger partial charge in [0.05, 0.1) is 38.5 Å². The Hall–Kier alpha value is -2.16. The first kappa shape index (κ1) is 21.5. The Balaban J connectivity index is 1.50. The van der Waals surface area contributed by atoms with E-state index in [2.05, 4.69) is 29.0 Å². The minimum absolute atomic E-state index is 0.0106. The largest absolute Gasteiger partial charge is 0.493 e. The van der Waals surface area contributed by atoms with E-state index in [-0.39, 0.29) is 24.5 Å². The predicted octanol–water partition coefficient (Wildman–Crippen LogP) is 2.60. The van der Waals surface area contributed by atoms with Crippen molar-refractivity contribution < 1.29 is 19.0 Å². The molecule has 0 aliphatic carbocycles. The molecule has 0 saturated carbocycles. The predicted molar refractivity (Wildman–Crippen MR) is 114 cm³/mol. The standard InChI is InChI=1S/C21H29N3O4S/c1-14-11-24(12-15(2)28-14)8-7-22-20(25)10-17-13-29-21(23-17)16-5-6-18(26-3)19(9-16)27-4/h5-6,9,13-15H,7-8,10-12H2,1-4H3,(H,22,25). The molecule has 1 aliphatic heterocycles. The van der Waals surface area contributed by atoms with Crippen molar-refractivity contribution in [1.82, 2.24) is 15.2 Å². The van der Waals surface area contributed by atoms with Crippen molar-refractivity contribution in [2.24, 2.45) is 0 Å². The third kappa shape index (κ3) is 5.91. The summed E-state index contributed by atoms with van der Waals surface area (Å²) in [4.78, 5) is 19.2. The van der Waals surface area contributed by atoms with Gasteiger partial charge in [-0.15, -0.1) is 11.3 Å². The number of aromatic nitrogens is 1. The van der Waals surface area contributed by atoms with Crippen LogP contribution in [0.4, 0.5) is 0 Å². The van der Waals surface area contributed by atoms with Gasteiger partial charge in [-0.3, -0.25) is 9.69 Å². The number of carbonyl (C=O) groups excluding carboxylic acids is 1. The molecular weight excluding hydrogens is 390 g/mol. The van der Waals surface area contributed by atoms with E-state index in [1.165, 1.54) is 11.3 Å². The summed E-state index contributed by atoms with van der Waals surface area (Å²) in [7, 11) is 3.22. The molecule has 29 heavy (non-hydrogen) atoms. The van der Waals surface area contributed by atoms with Gasteiger partial charge in [-0.1, -0.05) is 0 Å². The van der Waals surface area contributed by atoms with Crippen molar-refractivity contribution >= 4 is 17.2 Å². The summed E-state index contributed by atoms with van der Waals surface area (Å²) in [5.74, 6) is 1.33. The molecule has 2 unspecified atom stereocenters. The minimum atomic E-state index is -0.0106. The molecule has 0 spiro atoms. The average Bonchev–Trinajstić information content (AvgIpc) is 3.15. The molecular formula is C21H29N3O4S. The summed E-state index contributed by atoms with van der Waals surface area (Å²) < 4.78 is 16.4. The van der Waals surface area contributed by atoms with Crippen LogP contribution < -0.4 is 14.8 Å². The van der Waals surface area contributed by atoms with E-state index in [4.69, 9.17) is 14.2 Å². The van der Waals surface area contributed by atoms with Gasteiger partial charge < -0.3 is 19.5 Å². The molecule has 1 saturated heterocycles. The molecule has 1 aliphatic rings. The third-order valence-electron chi connectivity index (χ3n) is 4.77. The molecule has 1 aromatic heterocycles. The zero-order valence-corrected chi connectivity index (χ0v) is 18.3. The number of morpholine rings is 1. The van der Waals surface area contributed by atoms with Crippen LogP contribution in [0.25, 0.3) is 10.6 Å². The normalized spacial score (nSPS) is 19.7. The van der Waals surface area contributed by atoms with E-state index >= 15 is 0 Å². The lowest BCUT2D eigenvalue weighted by atomic mass is 10.2. The molecule has 2 aromatic rings. The zero-order valence-electron chi connectivity index (χ0n) is 17.4. The van der Waals surface area contributed by atoms with E-state index in [1.54, 1.807) is 14.2 Å². The van der Waals surface area contributed by atoms with Crippen LogP contribution in [0.5, 0.6) is 11.5 Å². The van der Waals surface area contributed by atoms with Crippen molar-refractivity contribution in [3.63, 3.8) is 0 Å². The lowest BCUT2D eigenvalue weighted by Crippen LogP contribution is -2.48.